The third-order valence-corrected chi connectivity index (χ3v) is 3.52. The summed E-state index contributed by atoms with van der Waals surface area (Å²) in [7, 11) is 4.21. The lowest BCUT2D eigenvalue weighted by Gasteiger charge is -2.35. The molecule has 1 aliphatic carbocycles. The summed E-state index contributed by atoms with van der Waals surface area (Å²) in [5, 5.41) is 13.6. The van der Waals surface area contributed by atoms with Gasteiger partial charge in [0.1, 0.15) is 0 Å². The van der Waals surface area contributed by atoms with E-state index >= 15 is 0 Å². The van der Waals surface area contributed by atoms with E-state index in [1.807, 2.05) is 0 Å². The fourth-order valence-electron chi connectivity index (χ4n) is 2.43. The fourth-order valence-corrected chi connectivity index (χ4v) is 2.43. The van der Waals surface area contributed by atoms with Crippen LogP contribution in [0.3, 0.4) is 0 Å². The molecule has 1 aliphatic rings. The minimum Gasteiger partial charge on any atom is -0.392 e. The third-order valence-electron chi connectivity index (χ3n) is 3.52. The first-order chi connectivity index (χ1) is 7.50. The highest BCUT2D eigenvalue weighted by Gasteiger charge is 2.26. The zero-order valence-electron chi connectivity index (χ0n) is 11.2. The lowest BCUT2D eigenvalue weighted by Crippen LogP contribution is -2.52. The van der Waals surface area contributed by atoms with Gasteiger partial charge in [-0.1, -0.05) is 26.7 Å². The van der Waals surface area contributed by atoms with Crippen LogP contribution in [0.25, 0.3) is 0 Å². The van der Waals surface area contributed by atoms with Gasteiger partial charge in [0.2, 0.25) is 0 Å². The topological polar surface area (TPSA) is 35.5 Å². The third kappa shape index (κ3) is 4.40. The predicted octanol–water partition coefficient (Wildman–Crippen LogP) is 1.47. The van der Waals surface area contributed by atoms with Crippen LogP contribution < -0.4 is 5.32 Å². The Labute approximate surface area is 100 Å². The second-order valence-corrected chi connectivity index (χ2v) is 5.74. The Bertz CT molecular complexity index is 194. The summed E-state index contributed by atoms with van der Waals surface area (Å²) in [6.45, 7) is 5.54. The van der Waals surface area contributed by atoms with Crippen molar-refractivity contribution in [1.29, 1.82) is 0 Å². The van der Waals surface area contributed by atoms with Gasteiger partial charge in [0.25, 0.3) is 0 Å². The number of rotatable bonds is 5. The van der Waals surface area contributed by atoms with Crippen molar-refractivity contribution in [3.05, 3.63) is 0 Å². The van der Waals surface area contributed by atoms with E-state index in [1.165, 1.54) is 12.8 Å². The van der Waals surface area contributed by atoms with Crippen molar-refractivity contribution in [2.24, 2.45) is 5.92 Å². The van der Waals surface area contributed by atoms with E-state index in [2.05, 4.69) is 38.2 Å². The van der Waals surface area contributed by atoms with Crippen LogP contribution in [0, 0.1) is 5.92 Å². The number of nitrogens with zero attached hydrogens (tertiary/aromatic N) is 1. The molecule has 2 N–H and O–H groups in total. The maximum atomic E-state index is 9.96. The molecule has 0 spiro atoms. The monoisotopic (exact) mass is 228 g/mol. The molecular weight excluding hydrogens is 200 g/mol. The molecule has 1 fully saturated rings. The Balaban J connectivity index is 2.46. The molecular formula is C13H28N2O. The van der Waals surface area contributed by atoms with Gasteiger partial charge in [-0.15, -0.1) is 0 Å². The summed E-state index contributed by atoms with van der Waals surface area (Å²) in [5.74, 6) is 0.608. The molecule has 0 aromatic rings. The average Bonchev–Trinajstić information content (AvgIpc) is 2.19. The summed E-state index contributed by atoms with van der Waals surface area (Å²) in [5.41, 5.74) is 0. The molecule has 0 aromatic heterocycles. The quantitative estimate of drug-likeness (QED) is 0.748. The highest BCUT2D eigenvalue weighted by Crippen LogP contribution is 2.19. The highest BCUT2D eigenvalue weighted by atomic mass is 16.3. The van der Waals surface area contributed by atoms with E-state index in [-0.39, 0.29) is 6.10 Å². The average molecular weight is 228 g/mol. The normalized spacial score (nSPS) is 28.7. The van der Waals surface area contributed by atoms with E-state index in [1.54, 1.807) is 0 Å². The van der Waals surface area contributed by atoms with E-state index in [0.29, 0.717) is 18.0 Å². The SMILES string of the molecule is CC(C)C(CN(C)C)N[C@@H]1CCCC[C@H]1O. The van der Waals surface area contributed by atoms with Crippen LogP contribution in [-0.4, -0.2) is 48.8 Å². The molecule has 1 saturated carbocycles. The molecule has 0 saturated heterocycles. The minimum atomic E-state index is -0.142. The predicted molar refractivity (Wildman–Crippen MR) is 68.6 cm³/mol. The van der Waals surface area contributed by atoms with Crippen molar-refractivity contribution in [2.45, 2.75) is 57.7 Å². The molecule has 0 aromatic carbocycles. The number of aliphatic hydroxyl groups is 1. The highest BCUT2D eigenvalue weighted by molar-refractivity contribution is 4.85. The molecule has 3 heteroatoms. The first-order valence-electron chi connectivity index (χ1n) is 6.59. The van der Waals surface area contributed by atoms with Gasteiger partial charge in [-0.3, -0.25) is 0 Å². The standard InChI is InChI=1S/C13H28N2O/c1-10(2)12(9-15(3)4)14-11-7-5-6-8-13(11)16/h10-14,16H,5-9H2,1-4H3/t11-,12?,13-/m1/s1. The molecule has 96 valence electrons. The molecule has 1 unspecified atom stereocenters. The Kier molecular flexibility index (Phi) is 5.73. The maximum absolute atomic E-state index is 9.96. The summed E-state index contributed by atoms with van der Waals surface area (Å²) < 4.78 is 0. The second kappa shape index (κ2) is 6.58. The van der Waals surface area contributed by atoms with Gasteiger partial charge >= 0.3 is 0 Å². The van der Waals surface area contributed by atoms with Gasteiger partial charge in [-0.25, -0.2) is 0 Å². The number of hydrogen-bond acceptors (Lipinski definition) is 3. The van der Waals surface area contributed by atoms with Crippen molar-refractivity contribution in [3.8, 4) is 0 Å². The fraction of sp³-hybridized carbons (Fsp3) is 1.00. The Morgan fingerprint density at radius 1 is 1.25 bits per heavy atom. The van der Waals surface area contributed by atoms with Crippen molar-refractivity contribution in [3.63, 3.8) is 0 Å². The minimum absolute atomic E-state index is 0.142. The smallest absolute Gasteiger partial charge is 0.0693 e. The van der Waals surface area contributed by atoms with Crippen LogP contribution >= 0.6 is 0 Å². The van der Waals surface area contributed by atoms with E-state index in [4.69, 9.17) is 0 Å². The molecule has 16 heavy (non-hydrogen) atoms. The molecule has 0 radical (unpaired) electrons. The van der Waals surface area contributed by atoms with Crippen LogP contribution in [0.4, 0.5) is 0 Å². The lowest BCUT2D eigenvalue weighted by molar-refractivity contribution is 0.0779. The molecule has 3 atom stereocenters. The van der Waals surface area contributed by atoms with Gasteiger partial charge in [0.05, 0.1) is 6.10 Å². The number of hydrogen-bond donors (Lipinski definition) is 2. The Morgan fingerprint density at radius 2 is 1.88 bits per heavy atom. The van der Waals surface area contributed by atoms with E-state index < -0.39 is 0 Å². The van der Waals surface area contributed by atoms with Gasteiger partial charge in [-0.2, -0.15) is 0 Å². The molecule has 0 amide bonds. The van der Waals surface area contributed by atoms with Gasteiger partial charge in [0, 0.05) is 18.6 Å². The number of nitrogens with one attached hydrogen (secondary N) is 1. The van der Waals surface area contributed by atoms with Crippen LogP contribution in [0.2, 0.25) is 0 Å². The summed E-state index contributed by atoms with van der Waals surface area (Å²) >= 11 is 0. The number of aliphatic hydroxyl groups excluding tert-OH is 1. The Morgan fingerprint density at radius 3 is 2.38 bits per heavy atom. The van der Waals surface area contributed by atoms with Crippen molar-refractivity contribution in [1.82, 2.24) is 10.2 Å². The van der Waals surface area contributed by atoms with Crippen molar-refractivity contribution in [2.75, 3.05) is 20.6 Å². The summed E-state index contributed by atoms with van der Waals surface area (Å²) in [6, 6.07) is 0.786. The first kappa shape index (κ1) is 13.9. The molecule has 0 heterocycles. The van der Waals surface area contributed by atoms with Crippen molar-refractivity contribution >= 4 is 0 Å². The van der Waals surface area contributed by atoms with Gasteiger partial charge in [0.15, 0.2) is 0 Å². The summed E-state index contributed by atoms with van der Waals surface area (Å²) in [4.78, 5) is 2.22. The molecule has 0 aliphatic heterocycles. The van der Waals surface area contributed by atoms with E-state index in [0.717, 1.165) is 19.4 Å². The molecule has 1 rings (SSSR count). The molecule has 3 nitrogen and oxygen atoms in total. The first-order valence-corrected chi connectivity index (χ1v) is 6.59. The molecule has 0 bridgehead atoms. The largest absolute Gasteiger partial charge is 0.392 e. The van der Waals surface area contributed by atoms with Crippen LogP contribution in [0.5, 0.6) is 0 Å². The van der Waals surface area contributed by atoms with Gasteiger partial charge in [-0.05, 0) is 32.9 Å². The number of likely N-dealkylation sites (N-methyl/N-ethyl adjacent to an activating group) is 1. The van der Waals surface area contributed by atoms with Crippen LogP contribution in [0.15, 0.2) is 0 Å². The maximum Gasteiger partial charge on any atom is 0.0693 e. The van der Waals surface area contributed by atoms with Crippen LogP contribution in [0.1, 0.15) is 39.5 Å². The lowest BCUT2D eigenvalue weighted by atomic mass is 9.91. The van der Waals surface area contributed by atoms with Gasteiger partial charge < -0.3 is 15.3 Å². The van der Waals surface area contributed by atoms with Crippen molar-refractivity contribution < 1.29 is 5.11 Å². The van der Waals surface area contributed by atoms with Crippen LogP contribution in [-0.2, 0) is 0 Å². The Hall–Kier alpha value is -0.120. The zero-order chi connectivity index (χ0) is 12.1. The zero-order valence-corrected chi connectivity index (χ0v) is 11.2. The second-order valence-electron chi connectivity index (χ2n) is 5.74. The van der Waals surface area contributed by atoms with E-state index in [9.17, 15) is 5.11 Å². The summed E-state index contributed by atoms with van der Waals surface area (Å²) in [6.07, 6.45) is 4.38.